The van der Waals surface area contributed by atoms with E-state index in [9.17, 15) is 5.11 Å². The first-order valence-corrected chi connectivity index (χ1v) is 5.63. The van der Waals surface area contributed by atoms with E-state index in [4.69, 9.17) is 0 Å². The van der Waals surface area contributed by atoms with Gasteiger partial charge in [-0.1, -0.05) is 25.5 Å². The SMILES string of the molecule is CC(C)=CC[C@@H]1CC[C@@](C)(O)C1(C)C. The van der Waals surface area contributed by atoms with Gasteiger partial charge in [0.1, 0.15) is 0 Å². The molecular weight excluding hydrogens is 172 g/mol. The fourth-order valence-corrected chi connectivity index (χ4v) is 2.37. The maximum absolute atomic E-state index is 10.2. The molecule has 14 heavy (non-hydrogen) atoms. The van der Waals surface area contributed by atoms with Crippen LogP contribution in [0.2, 0.25) is 0 Å². The van der Waals surface area contributed by atoms with E-state index < -0.39 is 5.60 Å². The maximum atomic E-state index is 10.2. The summed E-state index contributed by atoms with van der Waals surface area (Å²) in [6.07, 6.45) is 5.52. The first kappa shape index (κ1) is 11.8. The molecular formula is C13H24O. The third-order valence-corrected chi connectivity index (χ3v) is 4.20. The van der Waals surface area contributed by atoms with Crippen LogP contribution < -0.4 is 0 Å². The second kappa shape index (κ2) is 3.69. The van der Waals surface area contributed by atoms with Crippen LogP contribution in [-0.2, 0) is 0 Å². The summed E-state index contributed by atoms with van der Waals surface area (Å²) in [4.78, 5) is 0. The molecule has 1 N–H and O–H groups in total. The van der Waals surface area contributed by atoms with Crippen LogP contribution in [0, 0.1) is 11.3 Å². The first-order chi connectivity index (χ1) is 6.27. The number of hydrogen-bond donors (Lipinski definition) is 1. The van der Waals surface area contributed by atoms with Gasteiger partial charge in [-0.25, -0.2) is 0 Å². The molecule has 0 radical (unpaired) electrons. The highest BCUT2D eigenvalue weighted by atomic mass is 16.3. The average molecular weight is 196 g/mol. The Morgan fingerprint density at radius 2 is 1.93 bits per heavy atom. The van der Waals surface area contributed by atoms with E-state index in [0.29, 0.717) is 5.92 Å². The average Bonchev–Trinajstić information content (AvgIpc) is 2.20. The second-order valence-corrected chi connectivity index (χ2v) is 5.75. The molecule has 1 rings (SSSR count). The van der Waals surface area contributed by atoms with Gasteiger partial charge in [0.2, 0.25) is 0 Å². The molecule has 82 valence electrons. The molecule has 0 amide bonds. The van der Waals surface area contributed by atoms with Crippen molar-refractivity contribution in [1.82, 2.24) is 0 Å². The molecule has 0 aromatic carbocycles. The van der Waals surface area contributed by atoms with Gasteiger partial charge in [0.15, 0.2) is 0 Å². The zero-order chi connectivity index (χ0) is 11.0. The van der Waals surface area contributed by atoms with Crippen LogP contribution in [0.3, 0.4) is 0 Å². The summed E-state index contributed by atoms with van der Waals surface area (Å²) < 4.78 is 0. The number of aliphatic hydroxyl groups is 1. The minimum atomic E-state index is -0.479. The molecule has 0 aromatic rings. The molecule has 0 spiro atoms. The van der Waals surface area contributed by atoms with E-state index in [1.807, 2.05) is 6.92 Å². The van der Waals surface area contributed by atoms with Gasteiger partial charge in [0.05, 0.1) is 5.60 Å². The van der Waals surface area contributed by atoms with Crippen LogP contribution in [0.1, 0.15) is 53.9 Å². The zero-order valence-corrected chi connectivity index (χ0v) is 10.2. The molecule has 1 saturated carbocycles. The lowest BCUT2D eigenvalue weighted by molar-refractivity contribution is -0.0418. The monoisotopic (exact) mass is 196 g/mol. The van der Waals surface area contributed by atoms with E-state index in [1.54, 1.807) is 0 Å². The summed E-state index contributed by atoms with van der Waals surface area (Å²) in [5, 5.41) is 10.2. The van der Waals surface area contributed by atoms with Gasteiger partial charge in [-0.2, -0.15) is 0 Å². The summed E-state index contributed by atoms with van der Waals surface area (Å²) in [7, 11) is 0. The highest BCUT2D eigenvalue weighted by Crippen LogP contribution is 2.51. The Labute approximate surface area is 88.2 Å². The Kier molecular flexibility index (Phi) is 3.10. The van der Waals surface area contributed by atoms with Crippen molar-refractivity contribution >= 4 is 0 Å². The molecule has 0 aliphatic heterocycles. The van der Waals surface area contributed by atoms with Crippen LogP contribution >= 0.6 is 0 Å². The number of rotatable bonds is 2. The van der Waals surface area contributed by atoms with Gasteiger partial charge in [-0.15, -0.1) is 0 Å². The fourth-order valence-electron chi connectivity index (χ4n) is 2.37. The number of hydrogen-bond acceptors (Lipinski definition) is 1. The molecule has 0 bridgehead atoms. The molecule has 0 aromatic heterocycles. The molecule has 0 saturated heterocycles. The Balaban J connectivity index is 2.70. The van der Waals surface area contributed by atoms with Gasteiger partial charge in [0.25, 0.3) is 0 Å². The predicted molar refractivity (Wildman–Crippen MR) is 61.2 cm³/mol. The van der Waals surface area contributed by atoms with Gasteiger partial charge in [-0.05, 0) is 51.4 Å². The van der Waals surface area contributed by atoms with Gasteiger partial charge < -0.3 is 5.11 Å². The molecule has 1 aliphatic carbocycles. The lowest BCUT2D eigenvalue weighted by atomic mass is 9.72. The van der Waals surface area contributed by atoms with Crippen molar-refractivity contribution in [2.45, 2.75) is 59.5 Å². The Bertz CT molecular complexity index is 232. The van der Waals surface area contributed by atoms with Crippen molar-refractivity contribution in [3.8, 4) is 0 Å². The van der Waals surface area contributed by atoms with Crippen molar-refractivity contribution in [2.75, 3.05) is 0 Å². The summed E-state index contributed by atoms with van der Waals surface area (Å²) in [5.74, 6) is 0.632. The van der Waals surface area contributed by atoms with Crippen LogP contribution in [-0.4, -0.2) is 10.7 Å². The minimum Gasteiger partial charge on any atom is -0.390 e. The summed E-state index contributed by atoms with van der Waals surface area (Å²) in [5.41, 5.74) is 0.957. The molecule has 1 aliphatic rings. The van der Waals surface area contributed by atoms with E-state index >= 15 is 0 Å². The molecule has 1 heteroatoms. The molecule has 2 atom stereocenters. The van der Waals surface area contributed by atoms with Crippen molar-refractivity contribution in [3.63, 3.8) is 0 Å². The second-order valence-electron chi connectivity index (χ2n) is 5.75. The van der Waals surface area contributed by atoms with Crippen molar-refractivity contribution in [3.05, 3.63) is 11.6 Å². The van der Waals surface area contributed by atoms with Crippen LogP contribution in [0.4, 0.5) is 0 Å². The summed E-state index contributed by atoms with van der Waals surface area (Å²) in [6.45, 7) is 10.7. The Morgan fingerprint density at radius 1 is 1.36 bits per heavy atom. The van der Waals surface area contributed by atoms with Crippen LogP contribution in [0.5, 0.6) is 0 Å². The summed E-state index contributed by atoms with van der Waals surface area (Å²) >= 11 is 0. The highest BCUT2D eigenvalue weighted by Gasteiger charge is 2.49. The van der Waals surface area contributed by atoms with E-state index in [0.717, 1.165) is 19.3 Å². The third-order valence-electron chi connectivity index (χ3n) is 4.20. The Hall–Kier alpha value is -0.300. The van der Waals surface area contributed by atoms with E-state index in [1.165, 1.54) is 5.57 Å². The third kappa shape index (κ3) is 2.03. The normalized spacial score (nSPS) is 35.7. The lowest BCUT2D eigenvalue weighted by Crippen LogP contribution is -2.39. The van der Waals surface area contributed by atoms with Gasteiger partial charge in [-0.3, -0.25) is 0 Å². The first-order valence-electron chi connectivity index (χ1n) is 5.63. The van der Waals surface area contributed by atoms with Crippen LogP contribution in [0.25, 0.3) is 0 Å². The van der Waals surface area contributed by atoms with Gasteiger partial charge >= 0.3 is 0 Å². The summed E-state index contributed by atoms with van der Waals surface area (Å²) in [6, 6.07) is 0. The Morgan fingerprint density at radius 3 is 2.29 bits per heavy atom. The highest BCUT2D eigenvalue weighted by molar-refractivity contribution is 5.04. The molecule has 0 heterocycles. The molecule has 0 unspecified atom stereocenters. The number of allylic oxidation sites excluding steroid dienone is 2. The van der Waals surface area contributed by atoms with Crippen molar-refractivity contribution in [1.29, 1.82) is 0 Å². The maximum Gasteiger partial charge on any atom is 0.0673 e. The zero-order valence-electron chi connectivity index (χ0n) is 10.2. The standard InChI is InChI=1S/C13H24O/c1-10(2)6-7-11-8-9-13(5,14)12(11,3)4/h6,11,14H,7-9H2,1-5H3/t11-,13-/m1/s1. The topological polar surface area (TPSA) is 20.2 Å². The predicted octanol–water partition coefficient (Wildman–Crippen LogP) is 3.53. The smallest absolute Gasteiger partial charge is 0.0673 e. The largest absolute Gasteiger partial charge is 0.390 e. The van der Waals surface area contributed by atoms with Crippen molar-refractivity contribution < 1.29 is 5.11 Å². The van der Waals surface area contributed by atoms with Gasteiger partial charge in [0, 0.05) is 0 Å². The van der Waals surface area contributed by atoms with E-state index in [2.05, 4.69) is 33.8 Å². The lowest BCUT2D eigenvalue weighted by Gasteiger charge is -2.37. The molecule has 1 nitrogen and oxygen atoms in total. The minimum absolute atomic E-state index is 0.0545. The van der Waals surface area contributed by atoms with E-state index in [-0.39, 0.29) is 5.41 Å². The van der Waals surface area contributed by atoms with Crippen molar-refractivity contribution in [2.24, 2.45) is 11.3 Å². The quantitative estimate of drug-likeness (QED) is 0.670. The fraction of sp³-hybridized carbons (Fsp3) is 0.846. The molecule has 1 fully saturated rings. The van der Waals surface area contributed by atoms with Crippen LogP contribution in [0.15, 0.2) is 11.6 Å².